The summed E-state index contributed by atoms with van der Waals surface area (Å²) in [6.07, 6.45) is 0. The van der Waals surface area contributed by atoms with Crippen molar-refractivity contribution in [1.82, 2.24) is 9.97 Å². The zero-order chi connectivity index (χ0) is 28.8. The highest BCUT2D eigenvalue weighted by Gasteiger charge is 2.30. The Kier molecular flexibility index (Phi) is 4.87. The number of hydrogen-bond donors (Lipinski definition) is 0. The Hall–Kier alpha value is -5.58. The van der Waals surface area contributed by atoms with Gasteiger partial charge in [0, 0.05) is 47.6 Å². The van der Waals surface area contributed by atoms with Crippen molar-refractivity contribution in [1.29, 1.82) is 0 Å². The van der Waals surface area contributed by atoms with Crippen LogP contribution < -0.4 is 4.90 Å². The van der Waals surface area contributed by atoms with Crippen LogP contribution in [0.5, 0.6) is 0 Å². The highest BCUT2D eigenvalue weighted by atomic mass is 32.1. The molecule has 0 unspecified atom stereocenters. The number of fused-ring (bicyclic) bond motifs is 9. The van der Waals surface area contributed by atoms with Crippen molar-refractivity contribution in [3.05, 3.63) is 140 Å². The molecule has 9 aromatic rings. The first kappa shape index (κ1) is 23.9. The van der Waals surface area contributed by atoms with Crippen LogP contribution in [0.2, 0.25) is 0 Å². The van der Waals surface area contributed by atoms with Crippen LogP contribution in [-0.2, 0) is 0 Å². The van der Waals surface area contributed by atoms with Crippen molar-refractivity contribution in [2.45, 2.75) is 0 Å². The molecule has 44 heavy (non-hydrogen) atoms. The lowest BCUT2D eigenvalue weighted by atomic mass is 9.88. The number of nitrogens with zero attached hydrogens (tertiary/aromatic N) is 3. The SMILES string of the molecule is c1ccc(-c2nc(N3c4ccccc4-c4c5c3cccc5cc3sc5ccccc5c43)nc3ccc4ccccc4c23)cc1. The molecule has 3 heterocycles. The number of benzene rings is 7. The summed E-state index contributed by atoms with van der Waals surface area (Å²) in [7, 11) is 0. The van der Waals surface area contributed by atoms with Gasteiger partial charge in [0.1, 0.15) is 0 Å². The van der Waals surface area contributed by atoms with Gasteiger partial charge in [-0.25, -0.2) is 9.97 Å². The van der Waals surface area contributed by atoms with E-state index in [1.54, 1.807) is 0 Å². The van der Waals surface area contributed by atoms with Crippen LogP contribution >= 0.6 is 11.3 Å². The van der Waals surface area contributed by atoms with Crippen LogP contribution in [0.4, 0.5) is 17.3 Å². The van der Waals surface area contributed by atoms with Crippen LogP contribution in [0.3, 0.4) is 0 Å². The third-order valence-electron chi connectivity index (χ3n) is 8.96. The average molecular weight is 578 g/mol. The third kappa shape index (κ3) is 3.26. The minimum absolute atomic E-state index is 0.674. The summed E-state index contributed by atoms with van der Waals surface area (Å²) < 4.78 is 2.63. The molecule has 1 aliphatic heterocycles. The van der Waals surface area contributed by atoms with E-state index in [4.69, 9.17) is 9.97 Å². The summed E-state index contributed by atoms with van der Waals surface area (Å²) in [5, 5.41) is 8.53. The topological polar surface area (TPSA) is 29.0 Å². The summed E-state index contributed by atoms with van der Waals surface area (Å²) in [4.78, 5) is 13.0. The maximum absolute atomic E-state index is 5.42. The summed E-state index contributed by atoms with van der Waals surface area (Å²) >= 11 is 1.87. The minimum Gasteiger partial charge on any atom is -0.278 e. The maximum atomic E-state index is 5.42. The third-order valence-corrected chi connectivity index (χ3v) is 10.1. The Morgan fingerprint density at radius 2 is 1.25 bits per heavy atom. The molecule has 1 aliphatic rings. The number of thiophene rings is 1. The normalized spacial score (nSPS) is 12.5. The Morgan fingerprint density at radius 3 is 2.18 bits per heavy atom. The Balaban J connectivity index is 1.34. The van der Waals surface area contributed by atoms with Gasteiger partial charge in [0.05, 0.1) is 22.6 Å². The second kappa shape index (κ2) is 8.96. The Morgan fingerprint density at radius 1 is 0.500 bits per heavy atom. The number of rotatable bonds is 2. The van der Waals surface area contributed by atoms with Gasteiger partial charge in [-0.2, -0.15) is 0 Å². The largest absolute Gasteiger partial charge is 0.278 e. The van der Waals surface area contributed by atoms with Gasteiger partial charge in [0.15, 0.2) is 0 Å². The van der Waals surface area contributed by atoms with Crippen molar-refractivity contribution in [3.8, 4) is 22.4 Å². The first-order valence-electron chi connectivity index (χ1n) is 14.8. The van der Waals surface area contributed by atoms with Gasteiger partial charge in [-0.1, -0.05) is 109 Å². The van der Waals surface area contributed by atoms with Gasteiger partial charge < -0.3 is 0 Å². The number of hydrogen-bond acceptors (Lipinski definition) is 4. The van der Waals surface area contributed by atoms with Crippen LogP contribution in [0.1, 0.15) is 0 Å². The van der Waals surface area contributed by atoms with E-state index >= 15 is 0 Å². The molecule has 4 heteroatoms. The Bertz CT molecular complexity index is 2620. The van der Waals surface area contributed by atoms with E-state index < -0.39 is 0 Å². The number of anilines is 3. The minimum atomic E-state index is 0.674. The van der Waals surface area contributed by atoms with Crippen molar-refractivity contribution >= 4 is 81.3 Å². The van der Waals surface area contributed by atoms with Gasteiger partial charge in [-0.05, 0) is 46.5 Å². The lowest BCUT2D eigenvalue weighted by Gasteiger charge is -2.32. The van der Waals surface area contributed by atoms with E-state index in [1.165, 1.54) is 47.5 Å². The molecule has 0 atom stereocenters. The first-order chi connectivity index (χ1) is 21.8. The van der Waals surface area contributed by atoms with E-state index in [0.29, 0.717) is 5.95 Å². The fourth-order valence-electron chi connectivity index (χ4n) is 7.12. The molecule has 0 aliphatic carbocycles. The molecule has 3 nitrogen and oxygen atoms in total. The fourth-order valence-corrected chi connectivity index (χ4v) is 8.28. The average Bonchev–Trinajstić information content (AvgIpc) is 3.46. The predicted molar refractivity (Wildman–Crippen MR) is 187 cm³/mol. The highest BCUT2D eigenvalue weighted by Crippen LogP contribution is 2.55. The summed E-state index contributed by atoms with van der Waals surface area (Å²) in [6.45, 7) is 0. The van der Waals surface area contributed by atoms with Gasteiger partial charge in [0.25, 0.3) is 0 Å². The van der Waals surface area contributed by atoms with E-state index in [0.717, 1.165) is 38.9 Å². The smallest absolute Gasteiger partial charge is 0.235 e. The van der Waals surface area contributed by atoms with E-state index in [9.17, 15) is 0 Å². The molecule has 0 N–H and O–H groups in total. The first-order valence-corrected chi connectivity index (χ1v) is 15.7. The molecule has 10 rings (SSSR count). The molecule has 0 fully saturated rings. The zero-order valence-electron chi connectivity index (χ0n) is 23.5. The van der Waals surface area contributed by atoms with Gasteiger partial charge in [-0.3, -0.25) is 4.90 Å². The highest BCUT2D eigenvalue weighted by molar-refractivity contribution is 7.26. The molecule has 0 bridgehead atoms. The van der Waals surface area contributed by atoms with Crippen molar-refractivity contribution in [2.24, 2.45) is 0 Å². The maximum Gasteiger partial charge on any atom is 0.235 e. The molecule has 7 aromatic carbocycles. The van der Waals surface area contributed by atoms with Crippen molar-refractivity contribution in [2.75, 3.05) is 4.90 Å². The van der Waals surface area contributed by atoms with Crippen molar-refractivity contribution < 1.29 is 0 Å². The standard InChI is InChI=1S/C40H23N3S/c1-2-12-25(13-3-1)39-36-27-15-5-4-11-24(27)21-22-30(36)41-40(42-39)43-31-18-8-6-16-28(31)38-35-26(14-10-19-32(35)43)23-34-37(38)29-17-7-9-20-33(29)44-34/h1-23H. The lowest BCUT2D eigenvalue weighted by molar-refractivity contribution is 1.11. The lowest BCUT2D eigenvalue weighted by Crippen LogP contribution is -2.18. The molecule has 0 saturated carbocycles. The summed E-state index contributed by atoms with van der Waals surface area (Å²) in [6, 6.07) is 49.8. The van der Waals surface area contributed by atoms with E-state index in [1.807, 2.05) is 11.3 Å². The van der Waals surface area contributed by atoms with Crippen LogP contribution in [0, 0.1) is 0 Å². The second-order valence-electron chi connectivity index (χ2n) is 11.4. The van der Waals surface area contributed by atoms with E-state index in [2.05, 4.69) is 144 Å². The fraction of sp³-hybridized carbons (Fsp3) is 0. The van der Waals surface area contributed by atoms with Gasteiger partial charge in [0.2, 0.25) is 5.95 Å². The van der Waals surface area contributed by atoms with Crippen molar-refractivity contribution in [3.63, 3.8) is 0 Å². The number of para-hydroxylation sites is 1. The summed E-state index contributed by atoms with van der Waals surface area (Å²) in [5.74, 6) is 0.674. The quantitative estimate of drug-likeness (QED) is 0.191. The monoisotopic (exact) mass is 577 g/mol. The Labute approximate surface area is 257 Å². The van der Waals surface area contributed by atoms with Crippen LogP contribution in [0.15, 0.2) is 140 Å². The molecular formula is C40H23N3S. The molecule has 2 aromatic heterocycles. The predicted octanol–water partition coefficient (Wildman–Crippen LogP) is 11.4. The second-order valence-corrected chi connectivity index (χ2v) is 12.5. The van der Waals surface area contributed by atoms with E-state index in [-0.39, 0.29) is 0 Å². The zero-order valence-corrected chi connectivity index (χ0v) is 24.3. The molecule has 0 radical (unpaired) electrons. The number of aromatic nitrogens is 2. The molecule has 0 amide bonds. The molecule has 0 saturated heterocycles. The van der Waals surface area contributed by atoms with Crippen LogP contribution in [-0.4, -0.2) is 9.97 Å². The molecular weight excluding hydrogens is 555 g/mol. The van der Waals surface area contributed by atoms with Gasteiger partial charge in [-0.15, -0.1) is 11.3 Å². The van der Waals surface area contributed by atoms with Crippen LogP contribution in [0.25, 0.3) is 75.0 Å². The molecule has 204 valence electrons. The van der Waals surface area contributed by atoms with Gasteiger partial charge >= 0.3 is 0 Å². The summed E-state index contributed by atoms with van der Waals surface area (Å²) in [5.41, 5.74) is 7.65. The molecule has 0 spiro atoms.